The highest BCUT2D eigenvalue weighted by molar-refractivity contribution is 5.98. The summed E-state index contributed by atoms with van der Waals surface area (Å²) in [5, 5.41) is 0. The predicted octanol–water partition coefficient (Wildman–Crippen LogP) is 0.335. The van der Waals surface area contributed by atoms with Crippen molar-refractivity contribution in [2.45, 2.75) is 6.18 Å². The van der Waals surface area contributed by atoms with Gasteiger partial charge in [0.15, 0.2) is 6.34 Å². The maximum atomic E-state index is 11.6. The Hall–Kier alpha value is -1.07. The molecule has 0 aromatic carbocycles. The van der Waals surface area contributed by atoms with E-state index in [0.29, 0.717) is 4.90 Å². The molecule has 0 aromatic heterocycles. The van der Waals surface area contributed by atoms with E-state index in [1.54, 1.807) is 6.54 Å². The Morgan fingerprint density at radius 1 is 1.55 bits per heavy atom. The summed E-state index contributed by atoms with van der Waals surface area (Å²) in [6.45, 7) is 0.434. The highest BCUT2D eigenvalue weighted by atomic mass is 19.4. The molecule has 11 heavy (non-hydrogen) atoms. The van der Waals surface area contributed by atoms with Crippen molar-refractivity contribution in [1.82, 2.24) is 4.90 Å². The zero-order chi connectivity index (χ0) is 8.48. The van der Waals surface area contributed by atoms with Crippen LogP contribution in [-0.4, -0.2) is 29.9 Å². The van der Waals surface area contributed by atoms with Crippen molar-refractivity contribution >= 4 is 12.2 Å². The Morgan fingerprint density at radius 3 is 2.55 bits per heavy atom. The molecule has 0 unspecified atom stereocenters. The number of alkyl halides is 3. The molecule has 1 amide bonds. The first-order valence-corrected chi connectivity index (χ1v) is 2.59. The molecule has 0 spiro atoms. The second kappa shape index (κ2) is 2.52. The van der Waals surface area contributed by atoms with Crippen LogP contribution in [-0.2, 0) is 4.79 Å². The Bertz CT molecular complexity index is 198. The van der Waals surface area contributed by atoms with E-state index >= 15 is 0 Å². The van der Waals surface area contributed by atoms with Gasteiger partial charge < -0.3 is 0 Å². The molecule has 3 nitrogen and oxygen atoms in total. The number of halogens is 3. The number of hydrogen-bond acceptors (Lipinski definition) is 2. The minimum Gasteiger partial charge on any atom is -0.282 e. The van der Waals surface area contributed by atoms with Crippen LogP contribution < -0.4 is 0 Å². The fourth-order valence-electron chi connectivity index (χ4n) is 0.525. The molecule has 0 bridgehead atoms. The SMILES string of the molecule is O=C1[C]N=[C]N1CC(F)(F)F. The number of hydrogen-bond donors (Lipinski definition) is 0. The molecule has 0 aliphatic carbocycles. The lowest BCUT2D eigenvalue weighted by molar-refractivity contribution is -0.149. The first-order valence-electron chi connectivity index (χ1n) is 2.59. The summed E-state index contributed by atoms with van der Waals surface area (Å²) in [6.07, 6.45) is -2.57. The van der Waals surface area contributed by atoms with Gasteiger partial charge in [0, 0.05) is 0 Å². The molecule has 1 aliphatic rings. The molecule has 0 N–H and O–H groups in total. The van der Waals surface area contributed by atoms with Crippen molar-refractivity contribution in [3.63, 3.8) is 0 Å². The molecular formula is C5H2F3N2O. The van der Waals surface area contributed by atoms with Crippen LogP contribution in [0.25, 0.3) is 0 Å². The molecule has 0 atom stereocenters. The van der Waals surface area contributed by atoms with E-state index in [-0.39, 0.29) is 0 Å². The van der Waals surface area contributed by atoms with Gasteiger partial charge in [0.05, 0.1) is 0 Å². The first-order chi connectivity index (χ1) is 4.99. The third-order valence-electron chi connectivity index (χ3n) is 0.905. The summed E-state index contributed by atoms with van der Waals surface area (Å²) in [5.74, 6) is -0.915. The summed E-state index contributed by atoms with van der Waals surface area (Å²) < 4.78 is 34.7. The molecule has 59 valence electrons. The molecule has 1 aliphatic heterocycles. The second-order valence-corrected chi connectivity index (χ2v) is 1.83. The molecule has 3 radical (unpaired) electrons. The van der Waals surface area contributed by atoms with Crippen LogP contribution in [0.15, 0.2) is 4.99 Å². The van der Waals surface area contributed by atoms with E-state index in [1.807, 2.05) is 6.34 Å². The number of nitrogens with zero attached hydrogens (tertiary/aromatic N) is 2. The fraction of sp³-hybridized carbons (Fsp3) is 0.400. The van der Waals surface area contributed by atoms with E-state index in [4.69, 9.17) is 0 Å². The zero-order valence-corrected chi connectivity index (χ0v) is 5.14. The van der Waals surface area contributed by atoms with Crippen LogP contribution in [0.1, 0.15) is 0 Å². The van der Waals surface area contributed by atoms with Gasteiger partial charge >= 0.3 is 6.18 Å². The van der Waals surface area contributed by atoms with Crippen LogP contribution in [0.2, 0.25) is 0 Å². The molecular weight excluding hydrogens is 161 g/mol. The smallest absolute Gasteiger partial charge is 0.282 e. The predicted molar refractivity (Wildman–Crippen MR) is 28.4 cm³/mol. The topological polar surface area (TPSA) is 32.7 Å². The summed E-state index contributed by atoms with van der Waals surface area (Å²) in [4.78, 5) is 13.7. The summed E-state index contributed by atoms with van der Waals surface area (Å²) in [5.41, 5.74) is 0. The monoisotopic (exact) mass is 163 g/mol. The van der Waals surface area contributed by atoms with Gasteiger partial charge in [0.2, 0.25) is 6.54 Å². The quantitative estimate of drug-likeness (QED) is 0.548. The van der Waals surface area contributed by atoms with E-state index in [0.717, 1.165) is 0 Å². The van der Waals surface area contributed by atoms with Crippen LogP contribution in [0.4, 0.5) is 13.2 Å². The second-order valence-electron chi connectivity index (χ2n) is 1.83. The van der Waals surface area contributed by atoms with Crippen molar-refractivity contribution in [2.75, 3.05) is 6.54 Å². The standard InChI is InChI=1S/C5H2F3N2O/c6-5(7,8)2-10-3-9-1-4(10)11/h2H2. The van der Waals surface area contributed by atoms with Crippen LogP contribution in [0.3, 0.4) is 0 Å². The van der Waals surface area contributed by atoms with Gasteiger partial charge in [-0.1, -0.05) is 0 Å². The lowest BCUT2D eigenvalue weighted by atomic mass is 10.5. The third kappa shape index (κ3) is 2.21. The highest BCUT2D eigenvalue weighted by Crippen LogP contribution is 2.17. The van der Waals surface area contributed by atoms with Crippen LogP contribution in [0, 0.1) is 6.54 Å². The molecule has 1 rings (SSSR count). The summed E-state index contributed by atoms with van der Waals surface area (Å²) in [6, 6.07) is 0. The van der Waals surface area contributed by atoms with Gasteiger partial charge in [-0.3, -0.25) is 9.69 Å². The van der Waals surface area contributed by atoms with Gasteiger partial charge in [-0.2, -0.15) is 13.2 Å². The van der Waals surface area contributed by atoms with Gasteiger partial charge in [-0.05, 0) is 0 Å². The molecule has 1 heterocycles. The third-order valence-corrected chi connectivity index (χ3v) is 0.905. The Morgan fingerprint density at radius 2 is 2.18 bits per heavy atom. The summed E-state index contributed by atoms with van der Waals surface area (Å²) in [7, 11) is 0. The van der Waals surface area contributed by atoms with Gasteiger partial charge in [-0.25, -0.2) is 4.99 Å². The van der Waals surface area contributed by atoms with Crippen LogP contribution in [0.5, 0.6) is 0 Å². The average Bonchev–Trinajstić information content (AvgIpc) is 2.12. The van der Waals surface area contributed by atoms with Crippen LogP contribution >= 0.6 is 0 Å². The van der Waals surface area contributed by atoms with E-state index in [2.05, 4.69) is 4.99 Å². The minimum absolute atomic E-state index is 0.319. The normalized spacial score (nSPS) is 18.1. The largest absolute Gasteiger partial charge is 0.406 e. The fourth-order valence-corrected chi connectivity index (χ4v) is 0.525. The Kier molecular flexibility index (Phi) is 1.84. The van der Waals surface area contributed by atoms with Crippen molar-refractivity contribution in [1.29, 1.82) is 0 Å². The number of aliphatic imine (C=N–C) groups is 1. The average molecular weight is 163 g/mol. The number of rotatable bonds is 1. The molecule has 6 heteroatoms. The Balaban J connectivity index is 2.50. The van der Waals surface area contributed by atoms with Gasteiger partial charge in [0.1, 0.15) is 6.54 Å². The number of carbonyl (C=O) groups is 1. The van der Waals surface area contributed by atoms with E-state index in [1.165, 1.54) is 0 Å². The minimum atomic E-state index is -4.41. The Labute approximate surface area is 60.5 Å². The lowest BCUT2D eigenvalue weighted by Crippen LogP contribution is -2.34. The van der Waals surface area contributed by atoms with Gasteiger partial charge in [0.25, 0.3) is 5.91 Å². The zero-order valence-electron chi connectivity index (χ0n) is 5.14. The molecule has 0 aromatic rings. The van der Waals surface area contributed by atoms with Crippen molar-refractivity contribution in [3.8, 4) is 0 Å². The van der Waals surface area contributed by atoms with Gasteiger partial charge in [-0.15, -0.1) is 0 Å². The van der Waals surface area contributed by atoms with Crippen molar-refractivity contribution < 1.29 is 18.0 Å². The molecule has 0 saturated carbocycles. The maximum absolute atomic E-state index is 11.6. The van der Waals surface area contributed by atoms with E-state index < -0.39 is 18.6 Å². The lowest BCUT2D eigenvalue weighted by Gasteiger charge is -2.12. The highest BCUT2D eigenvalue weighted by Gasteiger charge is 2.34. The molecule has 0 saturated heterocycles. The maximum Gasteiger partial charge on any atom is 0.406 e. The number of amides is 1. The number of carbonyl (C=O) groups excluding carboxylic acids is 1. The van der Waals surface area contributed by atoms with Crippen molar-refractivity contribution in [2.24, 2.45) is 4.99 Å². The first kappa shape index (κ1) is 8.03. The van der Waals surface area contributed by atoms with E-state index in [9.17, 15) is 18.0 Å². The molecule has 0 fully saturated rings. The van der Waals surface area contributed by atoms with Crippen molar-refractivity contribution in [3.05, 3.63) is 6.54 Å². The summed E-state index contributed by atoms with van der Waals surface area (Å²) >= 11 is 0.